The summed E-state index contributed by atoms with van der Waals surface area (Å²) in [5, 5.41) is 0.260. The summed E-state index contributed by atoms with van der Waals surface area (Å²) in [4.78, 5) is 0.171. The molecule has 2 heterocycles. The highest BCUT2D eigenvalue weighted by Crippen LogP contribution is 2.42. The first kappa shape index (κ1) is 17.2. The normalized spacial score (nSPS) is 29.2. The molecule has 2 fully saturated rings. The van der Waals surface area contributed by atoms with E-state index in [1.165, 1.54) is 0 Å². The van der Waals surface area contributed by atoms with Crippen LogP contribution in [0, 0.1) is 5.41 Å². The molecule has 2 aliphatic rings. The number of nitrogens with zero attached hydrogens (tertiary/aromatic N) is 1. The second-order valence-corrected chi connectivity index (χ2v) is 8.63. The van der Waals surface area contributed by atoms with Crippen LogP contribution in [0.3, 0.4) is 0 Å². The lowest BCUT2D eigenvalue weighted by atomic mass is 9.73. The van der Waals surface area contributed by atoms with E-state index in [9.17, 15) is 8.42 Å². The van der Waals surface area contributed by atoms with Crippen LogP contribution >= 0.6 is 11.6 Å². The van der Waals surface area contributed by atoms with E-state index in [1.807, 2.05) is 0 Å². The summed E-state index contributed by atoms with van der Waals surface area (Å²) in [6.45, 7) is 2.11. The molecule has 0 amide bonds. The predicted molar refractivity (Wildman–Crippen MR) is 88.1 cm³/mol. The average Bonchev–Trinajstić information content (AvgIpc) is 2.54. The Morgan fingerprint density at radius 1 is 1.43 bits per heavy atom. The molecule has 0 radical (unpaired) electrons. The fourth-order valence-electron chi connectivity index (χ4n) is 3.75. The lowest BCUT2D eigenvalue weighted by Crippen LogP contribution is -2.57. The van der Waals surface area contributed by atoms with Crippen LogP contribution in [0.5, 0.6) is 0 Å². The second kappa shape index (κ2) is 6.69. The molecule has 5 nitrogen and oxygen atoms in total. The number of piperidine rings is 1. The molecule has 3 rings (SSSR count). The number of hydrogen-bond donors (Lipinski definition) is 0. The van der Waals surface area contributed by atoms with Crippen molar-refractivity contribution >= 4 is 21.6 Å². The van der Waals surface area contributed by atoms with Crippen LogP contribution in [-0.2, 0) is 19.5 Å². The zero-order chi connectivity index (χ0) is 16.5. The number of benzene rings is 1. The summed E-state index contributed by atoms with van der Waals surface area (Å²) in [6.07, 6.45) is 2.60. The molecule has 23 heavy (non-hydrogen) atoms. The van der Waals surface area contributed by atoms with Gasteiger partial charge in [0, 0.05) is 32.2 Å². The van der Waals surface area contributed by atoms with E-state index in [0.717, 1.165) is 19.4 Å². The maximum atomic E-state index is 13.0. The molecule has 1 aromatic rings. The molecule has 2 saturated heterocycles. The molecule has 0 aliphatic carbocycles. The summed E-state index contributed by atoms with van der Waals surface area (Å²) in [6, 6.07) is 6.59. The molecule has 1 aromatic carbocycles. The zero-order valence-electron chi connectivity index (χ0n) is 13.2. The Morgan fingerprint density at radius 3 is 2.96 bits per heavy atom. The summed E-state index contributed by atoms with van der Waals surface area (Å²) in [5.41, 5.74) is -0.264. The van der Waals surface area contributed by atoms with Crippen LogP contribution in [0.25, 0.3) is 0 Å². The fourth-order valence-corrected chi connectivity index (χ4v) is 5.79. The van der Waals surface area contributed by atoms with Gasteiger partial charge in [-0.05, 0) is 31.4 Å². The first-order chi connectivity index (χ1) is 11.0. The van der Waals surface area contributed by atoms with Crippen LogP contribution in [0.15, 0.2) is 29.2 Å². The Bertz CT molecular complexity index is 662. The van der Waals surface area contributed by atoms with E-state index in [4.69, 9.17) is 21.1 Å². The number of methoxy groups -OCH3 is 1. The van der Waals surface area contributed by atoms with Gasteiger partial charge < -0.3 is 9.47 Å². The van der Waals surface area contributed by atoms with E-state index in [2.05, 4.69) is 0 Å². The van der Waals surface area contributed by atoms with E-state index in [1.54, 1.807) is 35.7 Å². The van der Waals surface area contributed by atoms with Gasteiger partial charge in [0.2, 0.25) is 10.0 Å². The van der Waals surface area contributed by atoms with Crippen molar-refractivity contribution in [3.63, 3.8) is 0 Å². The molecule has 0 spiro atoms. The van der Waals surface area contributed by atoms with Crippen LogP contribution in [-0.4, -0.2) is 52.2 Å². The number of halogens is 1. The minimum atomic E-state index is -3.61. The molecular formula is C16H22ClNO4S. The molecule has 0 aromatic heterocycles. The quantitative estimate of drug-likeness (QED) is 0.829. The summed E-state index contributed by atoms with van der Waals surface area (Å²) in [7, 11) is -1.95. The third kappa shape index (κ3) is 3.15. The summed E-state index contributed by atoms with van der Waals surface area (Å²) in [5.74, 6) is 0. The van der Waals surface area contributed by atoms with E-state index in [0.29, 0.717) is 26.1 Å². The third-order valence-corrected chi connectivity index (χ3v) is 7.18. The topological polar surface area (TPSA) is 55.8 Å². The molecule has 128 valence electrons. The maximum Gasteiger partial charge on any atom is 0.244 e. The van der Waals surface area contributed by atoms with Gasteiger partial charge >= 0.3 is 0 Å². The van der Waals surface area contributed by atoms with Crippen molar-refractivity contribution in [3.05, 3.63) is 29.3 Å². The molecular weight excluding hydrogens is 338 g/mol. The van der Waals surface area contributed by atoms with Crippen LogP contribution in [0.1, 0.15) is 19.3 Å². The highest BCUT2D eigenvalue weighted by atomic mass is 35.5. The molecule has 0 bridgehead atoms. The van der Waals surface area contributed by atoms with Gasteiger partial charge in [-0.3, -0.25) is 0 Å². The van der Waals surface area contributed by atoms with E-state index >= 15 is 0 Å². The summed E-state index contributed by atoms with van der Waals surface area (Å²) < 4.78 is 38.8. The first-order valence-electron chi connectivity index (χ1n) is 7.85. The lowest BCUT2D eigenvalue weighted by Gasteiger charge is -2.49. The van der Waals surface area contributed by atoms with Crippen molar-refractivity contribution in [2.45, 2.75) is 30.3 Å². The Hall–Kier alpha value is -0.660. The standard InChI is InChI=1S/C16H22ClNO4S/c1-21-12-16-8-4-10-22-15(16)7-9-18(11-16)23(19,20)14-6-3-2-5-13(14)17/h2-3,5-6,15H,4,7-12H2,1H3/t15-,16-/m1/s1. The monoisotopic (exact) mass is 359 g/mol. The number of hydrogen-bond acceptors (Lipinski definition) is 4. The van der Waals surface area contributed by atoms with Crippen LogP contribution < -0.4 is 0 Å². The van der Waals surface area contributed by atoms with E-state index in [-0.39, 0.29) is 21.4 Å². The van der Waals surface area contributed by atoms with Crippen molar-refractivity contribution < 1.29 is 17.9 Å². The summed E-state index contributed by atoms with van der Waals surface area (Å²) >= 11 is 6.11. The fraction of sp³-hybridized carbons (Fsp3) is 0.625. The average molecular weight is 360 g/mol. The number of sulfonamides is 1. The van der Waals surface area contributed by atoms with Crippen LogP contribution in [0.4, 0.5) is 0 Å². The van der Waals surface area contributed by atoms with Crippen molar-refractivity contribution in [3.8, 4) is 0 Å². The predicted octanol–water partition coefficient (Wildman–Crippen LogP) is 2.55. The molecule has 2 aliphatic heterocycles. The van der Waals surface area contributed by atoms with Gasteiger partial charge in [-0.15, -0.1) is 0 Å². The van der Waals surface area contributed by atoms with Gasteiger partial charge in [-0.1, -0.05) is 23.7 Å². The highest BCUT2D eigenvalue weighted by Gasteiger charge is 2.48. The first-order valence-corrected chi connectivity index (χ1v) is 9.67. The largest absolute Gasteiger partial charge is 0.384 e. The van der Waals surface area contributed by atoms with Crippen molar-refractivity contribution in [1.82, 2.24) is 4.31 Å². The van der Waals surface area contributed by atoms with Crippen LogP contribution in [0.2, 0.25) is 5.02 Å². The van der Waals surface area contributed by atoms with E-state index < -0.39 is 10.0 Å². The number of rotatable bonds is 4. The number of ether oxygens (including phenoxy) is 2. The van der Waals surface area contributed by atoms with Gasteiger partial charge in [0.25, 0.3) is 0 Å². The Kier molecular flexibility index (Phi) is 4.99. The van der Waals surface area contributed by atoms with Gasteiger partial charge in [0.15, 0.2) is 0 Å². The van der Waals surface area contributed by atoms with Gasteiger partial charge in [-0.25, -0.2) is 8.42 Å². The van der Waals surface area contributed by atoms with Gasteiger partial charge in [0.05, 0.1) is 17.7 Å². The lowest BCUT2D eigenvalue weighted by molar-refractivity contribution is -0.137. The Balaban J connectivity index is 1.91. The third-order valence-electron chi connectivity index (χ3n) is 4.84. The Labute approximate surface area is 142 Å². The smallest absolute Gasteiger partial charge is 0.244 e. The SMILES string of the molecule is COC[C@]12CCCO[C@@H]1CCN(S(=O)(=O)c1ccccc1Cl)C2. The minimum absolute atomic E-state index is 0.0638. The molecule has 7 heteroatoms. The molecule has 0 saturated carbocycles. The minimum Gasteiger partial charge on any atom is -0.384 e. The van der Waals surface area contributed by atoms with Crippen molar-refractivity contribution in [1.29, 1.82) is 0 Å². The maximum absolute atomic E-state index is 13.0. The Morgan fingerprint density at radius 2 is 2.22 bits per heavy atom. The van der Waals surface area contributed by atoms with Crippen molar-refractivity contribution in [2.75, 3.05) is 33.4 Å². The van der Waals surface area contributed by atoms with Crippen molar-refractivity contribution in [2.24, 2.45) is 5.41 Å². The number of fused-ring (bicyclic) bond motifs is 1. The highest BCUT2D eigenvalue weighted by molar-refractivity contribution is 7.89. The zero-order valence-corrected chi connectivity index (χ0v) is 14.8. The van der Waals surface area contributed by atoms with Gasteiger partial charge in [-0.2, -0.15) is 4.31 Å². The molecule has 0 N–H and O–H groups in total. The molecule has 0 unspecified atom stereocenters. The van der Waals surface area contributed by atoms with Gasteiger partial charge in [0.1, 0.15) is 4.90 Å². The second-order valence-electron chi connectivity index (χ2n) is 6.32. The molecule has 2 atom stereocenters.